The van der Waals surface area contributed by atoms with Crippen LogP contribution in [0, 0.1) is 0 Å². The molecule has 3 N–H and O–H groups in total. The van der Waals surface area contributed by atoms with E-state index in [1.54, 1.807) is 18.2 Å². The van der Waals surface area contributed by atoms with Gasteiger partial charge in [-0.2, -0.15) is 0 Å². The highest BCUT2D eigenvalue weighted by Crippen LogP contribution is 2.22. The van der Waals surface area contributed by atoms with Crippen molar-refractivity contribution in [2.45, 2.75) is 13.0 Å². The van der Waals surface area contributed by atoms with Crippen LogP contribution in [0.2, 0.25) is 10.0 Å². The van der Waals surface area contributed by atoms with E-state index in [9.17, 15) is 0 Å². The predicted molar refractivity (Wildman–Crippen MR) is 84.3 cm³/mol. The molecule has 6 heteroatoms. The molecule has 0 radical (unpaired) electrons. The van der Waals surface area contributed by atoms with Crippen molar-refractivity contribution in [3.05, 3.63) is 63.6 Å². The maximum Gasteiger partial charge on any atom is 0.143 e. The Labute approximate surface area is 132 Å². The fourth-order valence-corrected chi connectivity index (χ4v) is 2.13. The molecule has 0 aliphatic carbocycles. The van der Waals surface area contributed by atoms with E-state index in [1.807, 2.05) is 24.3 Å². The number of rotatable bonds is 5. The quantitative estimate of drug-likeness (QED) is 0.380. The van der Waals surface area contributed by atoms with Gasteiger partial charge in [0.1, 0.15) is 18.2 Å². The van der Waals surface area contributed by atoms with Gasteiger partial charge in [-0.3, -0.25) is 0 Å². The van der Waals surface area contributed by atoms with Gasteiger partial charge in [0.25, 0.3) is 0 Å². The summed E-state index contributed by atoms with van der Waals surface area (Å²) >= 11 is 12.0. The van der Waals surface area contributed by atoms with Crippen LogP contribution in [0.1, 0.15) is 11.1 Å². The maximum absolute atomic E-state index is 8.52. The molecule has 0 aliphatic rings. The number of hydrogen-bond donors (Lipinski definition) is 2. The fraction of sp³-hybridized carbons (Fsp3) is 0.133. The van der Waals surface area contributed by atoms with Crippen molar-refractivity contribution in [1.82, 2.24) is 0 Å². The largest absolute Gasteiger partial charge is 0.489 e. The zero-order valence-electron chi connectivity index (χ0n) is 11.1. The Kier molecular flexibility index (Phi) is 5.31. The van der Waals surface area contributed by atoms with Crippen LogP contribution in [0.25, 0.3) is 0 Å². The van der Waals surface area contributed by atoms with E-state index < -0.39 is 0 Å². The summed E-state index contributed by atoms with van der Waals surface area (Å²) in [5.74, 6) is 0.865. The van der Waals surface area contributed by atoms with Gasteiger partial charge in [0, 0.05) is 22.0 Å². The molecule has 0 heterocycles. The number of oxime groups is 1. The van der Waals surface area contributed by atoms with Gasteiger partial charge in [-0.15, -0.1) is 0 Å². The number of amidine groups is 1. The monoisotopic (exact) mass is 324 g/mol. The van der Waals surface area contributed by atoms with Gasteiger partial charge < -0.3 is 15.7 Å². The lowest BCUT2D eigenvalue weighted by Crippen LogP contribution is -2.14. The van der Waals surface area contributed by atoms with Crippen LogP contribution in [-0.4, -0.2) is 11.0 Å². The molecular formula is C15H14Cl2N2O2. The lowest BCUT2D eigenvalue weighted by Gasteiger charge is -2.09. The van der Waals surface area contributed by atoms with E-state index >= 15 is 0 Å². The molecule has 0 amide bonds. The summed E-state index contributed by atoms with van der Waals surface area (Å²) in [7, 11) is 0. The minimum atomic E-state index is 0.161. The van der Waals surface area contributed by atoms with E-state index in [1.165, 1.54) is 0 Å². The van der Waals surface area contributed by atoms with Crippen molar-refractivity contribution in [3.8, 4) is 5.75 Å². The summed E-state index contributed by atoms with van der Waals surface area (Å²) in [6.07, 6.45) is 0.386. The lowest BCUT2D eigenvalue weighted by atomic mass is 10.1. The molecular weight excluding hydrogens is 311 g/mol. The van der Waals surface area contributed by atoms with Crippen molar-refractivity contribution in [2.24, 2.45) is 10.9 Å². The average molecular weight is 325 g/mol. The molecule has 0 spiro atoms. The predicted octanol–water partition coefficient (Wildman–Crippen LogP) is 3.86. The number of nitrogens with two attached hydrogens (primary N) is 1. The van der Waals surface area contributed by atoms with Crippen LogP contribution >= 0.6 is 23.2 Å². The first kappa shape index (κ1) is 15.5. The lowest BCUT2D eigenvalue weighted by molar-refractivity contribution is 0.306. The van der Waals surface area contributed by atoms with E-state index in [0.29, 0.717) is 28.8 Å². The number of ether oxygens (including phenoxy) is 1. The zero-order valence-corrected chi connectivity index (χ0v) is 12.6. The first-order chi connectivity index (χ1) is 10.1. The molecule has 0 fully saturated rings. The Balaban J connectivity index is 1.99. The van der Waals surface area contributed by atoms with Crippen LogP contribution in [0.15, 0.2) is 47.6 Å². The molecule has 4 nitrogen and oxygen atoms in total. The van der Waals surface area contributed by atoms with E-state index in [-0.39, 0.29) is 5.84 Å². The molecule has 0 atom stereocenters. The molecule has 0 aliphatic heterocycles. The molecule has 2 aromatic rings. The van der Waals surface area contributed by atoms with Crippen molar-refractivity contribution in [2.75, 3.05) is 0 Å². The third kappa shape index (κ3) is 4.55. The minimum Gasteiger partial charge on any atom is -0.489 e. The smallest absolute Gasteiger partial charge is 0.143 e. The van der Waals surface area contributed by atoms with Gasteiger partial charge >= 0.3 is 0 Å². The van der Waals surface area contributed by atoms with E-state index in [2.05, 4.69) is 5.16 Å². The van der Waals surface area contributed by atoms with Gasteiger partial charge in [0.05, 0.1) is 0 Å². The number of halogens is 2. The van der Waals surface area contributed by atoms with Gasteiger partial charge in [-0.25, -0.2) is 0 Å². The first-order valence-electron chi connectivity index (χ1n) is 6.20. The molecule has 2 aromatic carbocycles. The molecule has 110 valence electrons. The summed E-state index contributed by atoms with van der Waals surface area (Å²) in [6.45, 7) is 0.332. The average Bonchev–Trinajstić information content (AvgIpc) is 2.49. The highest BCUT2D eigenvalue weighted by molar-refractivity contribution is 6.33. The zero-order chi connectivity index (χ0) is 15.2. The standard InChI is InChI=1S/C15H14Cl2N2O2/c16-12-3-6-14(17)11(8-12)9-21-13-4-1-10(2-5-13)7-15(18)19-20/h1-6,8,20H,7,9H2,(H2,18,19). The summed E-state index contributed by atoms with van der Waals surface area (Å²) < 4.78 is 5.66. The van der Waals surface area contributed by atoms with Gasteiger partial charge in [-0.05, 0) is 35.9 Å². The summed E-state index contributed by atoms with van der Waals surface area (Å²) in [4.78, 5) is 0. The SMILES string of the molecule is NC(Cc1ccc(OCc2cc(Cl)ccc2Cl)cc1)=NO. The first-order valence-corrected chi connectivity index (χ1v) is 6.96. The topological polar surface area (TPSA) is 67.8 Å². The number of benzene rings is 2. The summed E-state index contributed by atoms with van der Waals surface area (Å²) in [6, 6.07) is 12.6. The summed E-state index contributed by atoms with van der Waals surface area (Å²) in [5, 5.41) is 12.7. The second-order valence-electron chi connectivity index (χ2n) is 4.44. The van der Waals surface area contributed by atoms with Crippen molar-refractivity contribution in [1.29, 1.82) is 0 Å². The van der Waals surface area contributed by atoms with Crippen molar-refractivity contribution in [3.63, 3.8) is 0 Å². The van der Waals surface area contributed by atoms with Gasteiger partial charge in [0.2, 0.25) is 0 Å². The van der Waals surface area contributed by atoms with E-state index in [0.717, 1.165) is 11.1 Å². The molecule has 21 heavy (non-hydrogen) atoms. The van der Waals surface area contributed by atoms with Gasteiger partial charge in [0.15, 0.2) is 0 Å². The molecule has 0 unspecified atom stereocenters. The second-order valence-corrected chi connectivity index (χ2v) is 5.28. The third-order valence-electron chi connectivity index (χ3n) is 2.84. The molecule has 0 saturated carbocycles. The molecule has 0 saturated heterocycles. The Morgan fingerprint density at radius 2 is 1.86 bits per heavy atom. The van der Waals surface area contributed by atoms with Crippen LogP contribution in [0.5, 0.6) is 5.75 Å². The molecule has 0 bridgehead atoms. The Hall–Kier alpha value is -1.91. The normalized spacial score (nSPS) is 11.4. The maximum atomic E-state index is 8.52. The molecule has 0 aromatic heterocycles. The van der Waals surface area contributed by atoms with Crippen LogP contribution in [-0.2, 0) is 13.0 Å². The Bertz CT molecular complexity index is 643. The van der Waals surface area contributed by atoms with Crippen LogP contribution in [0.4, 0.5) is 0 Å². The fourth-order valence-electron chi connectivity index (χ4n) is 1.76. The summed E-state index contributed by atoms with van der Waals surface area (Å²) in [5.41, 5.74) is 7.20. The van der Waals surface area contributed by atoms with Gasteiger partial charge in [-0.1, -0.05) is 40.5 Å². The van der Waals surface area contributed by atoms with Crippen LogP contribution in [0.3, 0.4) is 0 Å². The highest BCUT2D eigenvalue weighted by Gasteiger charge is 2.03. The van der Waals surface area contributed by atoms with Crippen LogP contribution < -0.4 is 10.5 Å². The number of hydrogen-bond acceptors (Lipinski definition) is 3. The van der Waals surface area contributed by atoms with Crippen molar-refractivity contribution < 1.29 is 9.94 Å². The Morgan fingerprint density at radius 1 is 1.14 bits per heavy atom. The third-order valence-corrected chi connectivity index (χ3v) is 3.44. The number of nitrogens with zero attached hydrogens (tertiary/aromatic N) is 1. The Morgan fingerprint density at radius 3 is 2.52 bits per heavy atom. The molecule has 2 rings (SSSR count). The highest BCUT2D eigenvalue weighted by atomic mass is 35.5. The second kappa shape index (κ2) is 7.20. The minimum absolute atomic E-state index is 0.161. The van der Waals surface area contributed by atoms with E-state index in [4.69, 9.17) is 38.9 Å². The van der Waals surface area contributed by atoms with Crippen molar-refractivity contribution >= 4 is 29.0 Å².